The molecule has 2 aromatic rings. The zero-order valence-electron chi connectivity index (χ0n) is 14.5. The van der Waals surface area contributed by atoms with Gasteiger partial charge in [0.05, 0.1) is 50.4 Å². The highest BCUT2D eigenvalue weighted by atomic mass is 16.5. The molecule has 0 spiro atoms. The molecule has 0 saturated heterocycles. The molecule has 0 atom stereocenters. The SMILES string of the molecule is COC(=O)C1=C(C(=O)OC)N(c2ccc3c(c2)ncn3CCO)COC1. The van der Waals surface area contributed by atoms with Gasteiger partial charge in [-0.15, -0.1) is 0 Å². The molecular weight excluding hydrogens is 342 g/mol. The standard InChI is InChI=1S/C17H19N3O6/c1-24-16(22)12-8-26-10-20(15(12)17(23)25-2)11-3-4-14-13(7-11)18-9-19(14)5-6-21/h3-4,7,9,21H,5-6,8,10H2,1-2H3. The van der Waals surface area contributed by atoms with Crippen LogP contribution in [-0.2, 0) is 30.3 Å². The number of rotatable bonds is 5. The molecule has 1 aliphatic heterocycles. The Kier molecular flexibility index (Phi) is 5.19. The summed E-state index contributed by atoms with van der Waals surface area (Å²) in [7, 11) is 2.49. The average molecular weight is 361 g/mol. The van der Waals surface area contributed by atoms with Crippen molar-refractivity contribution in [3.05, 3.63) is 35.8 Å². The number of aromatic nitrogens is 2. The molecule has 1 N–H and O–H groups in total. The van der Waals surface area contributed by atoms with Crippen LogP contribution in [0.5, 0.6) is 0 Å². The lowest BCUT2D eigenvalue weighted by Crippen LogP contribution is -2.38. The fraction of sp³-hybridized carbons (Fsp3) is 0.353. The number of benzene rings is 1. The van der Waals surface area contributed by atoms with E-state index in [1.54, 1.807) is 23.4 Å². The Labute approximate surface area is 149 Å². The third-order valence-electron chi connectivity index (χ3n) is 4.09. The zero-order valence-corrected chi connectivity index (χ0v) is 14.5. The van der Waals surface area contributed by atoms with Crippen LogP contribution in [0.25, 0.3) is 11.0 Å². The van der Waals surface area contributed by atoms with E-state index in [-0.39, 0.29) is 31.2 Å². The van der Waals surface area contributed by atoms with Gasteiger partial charge in [-0.1, -0.05) is 0 Å². The number of anilines is 1. The Hall–Kier alpha value is -2.91. The molecule has 0 bridgehead atoms. The van der Waals surface area contributed by atoms with E-state index >= 15 is 0 Å². The number of aliphatic hydroxyl groups excluding tert-OH is 1. The van der Waals surface area contributed by atoms with E-state index < -0.39 is 11.9 Å². The van der Waals surface area contributed by atoms with Crippen molar-refractivity contribution >= 4 is 28.7 Å². The van der Waals surface area contributed by atoms with Gasteiger partial charge < -0.3 is 28.8 Å². The number of ether oxygens (including phenoxy) is 3. The van der Waals surface area contributed by atoms with Gasteiger partial charge in [0.2, 0.25) is 0 Å². The van der Waals surface area contributed by atoms with Crippen molar-refractivity contribution in [2.24, 2.45) is 0 Å². The van der Waals surface area contributed by atoms with Crippen molar-refractivity contribution < 1.29 is 28.9 Å². The number of hydrogen-bond donors (Lipinski definition) is 1. The summed E-state index contributed by atoms with van der Waals surface area (Å²) < 4.78 is 16.9. The highest BCUT2D eigenvalue weighted by molar-refractivity contribution is 6.03. The van der Waals surface area contributed by atoms with Gasteiger partial charge in [0.15, 0.2) is 0 Å². The molecule has 9 heteroatoms. The minimum atomic E-state index is -0.653. The number of carbonyl (C=O) groups is 2. The average Bonchev–Trinajstić information content (AvgIpc) is 3.08. The normalized spacial score (nSPS) is 14.7. The van der Waals surface area contributed by atoms with Crippen molar-refractivity contribution in [3.8, 4) is 0 Å². The maximum atomic E-state index is 12.3. The van der Waals surface area contributed by atoms with Crippen LogP contribution < -0.4 is 4.90 Å². The Morgan fingerprint density at radius 2 is 2.04 bits per heavy atom. The first kappa shape index (κ1) is 17.9. The lowest BCUT2D eigenvalue weighted by atomic mass is 10.1. The fourth-order valence-electron chi connectivity index (χ4n) is 2.85. The molecule has 138 valence electrons. The lowest BCUT2D eigenvalue weighted by molar-refractivity contribution is -0.140. The van der Waals surface area contributed by atoms with Crippen LogP contribution in [0.4, 0.5) is 5.69 Å². The van der Waals surface area contributed by atoms with Crippen molar-refractivity contribution in [1.29, 1.82) is 0 Å². The number of esters is 2. The molecule has 9 nitrogen and oxygen atoms in total. The third-order valence-corrected chi connectivity index (χ3v) is 4.09. The molecule has 1 aliphatic rings. The van der Waals surface area contributed by atoms with E-state index in [0.29, 0.717) is 17.7 Å². The van der Waals surface area contributed by atoms with Crippen molar-refractivity contribution in [1.82, 2.24) is 9.55 Å². The number of aliphatic hydroxyl groups is 1. The summed E-state index contributed by atoms with van der Waals surface area (Å²) in [4.78, 5) is 30.2. The van der Waals surface area contributed by atoms with Crippen molar-refractivity contribution in [2.75, 3.05) is 39.1 Å². The lowest BCUT2D eigenvalue weighted by Gasteiger charge is -2.31. The molecule has 26 heavy (non-hydrogen) atoms. The Morgan fingerprint density at radius 3 is 2.73 bits per heavy atom. The number of imidazole rings is 1. The molecule has 1 aromatic heterocycles. The van der Waals surface area contributed by atoms with E-state index in [9.17, 15) is 9.59 Å². The number of carbonyl (C=O) groups excluding carboxylic acids is 2. The Balaban J connectivity index is 2.07. The first-order chi connectivity index (χ1) is 12.6. The quantitative estimate of drug-likeness (QED) is 0.765. The molecule has 1 aromatic carbocycles. The number of fused-ring (bicyclic) bond motifs is 1. The van der Waals surface area contributed by atoms with Gasteiger partial charge in [-0.3, -0.25) is 0 Å². The van der Waals surface area contributed by atoms with E-state index in [1.807, 2.05) is 10.6 Å². The molecule has 0 fully saturated rings. The van der Waals surface area contributed by atoms with Crippen molar-refractivity contribution in [2.45, 2.75) is 6.54 Å². The second-order valence-corrected chi connectivity index (χ2v) is 5.55. The minimum Gasteiger partial charge on any atom is -0.466 e. The second kappa shape index (κ2) is 7.54. The molecule has 3 rings (SSSR count). The highest BCUT2D eigenvalue weighted by Crippen LogP contribution is 2.29. The van der Waals surface area contributed by atoms with Crippen LogP contribution in [-0.4, -0.2) is 60.8 Å². The molecule has 0 saturated carbocycles. The summed E-state index contributed by atoms with van der Waals surface area (Å²) in [5.41, 5.74) is 2.33. The van der Waals surface area contributed by atoms with Crippen LogP contribution in [0.3, 0.4) is 0 Å². The summed E-state index contributed by atoms with van der Waals surface area (Å²) >= 11 is 0. The van der Waals surface area contributed by atoms with Crippen LogP contribution in [0.1, 0.15) is 0 Å². The third kappa shape index (κ3) is 3.14. The van der Waals surface area contributed by atoms with Gasteiger partial charge in [-0.2, -0.15) is 0 Å². The summed E-state index contributed by atoms with van der Waals surface area (Å²) in [6.07, 6.45) is 1.63. The molecule has 0 aliphatic carbocycles. The first-order valence-corrected chi connectivity index (χ1v) is 7.91. The van der Waals surface area contributed by atoms with Crippen LogP contribution in [0, 0.1) is 0 Å². The van der Waals surface area contributed by atoms with E-state index in [0.717, 1.165) is 5.52 Å². The summed E-state index contributed by atoms with van der Waals surface area (Å²) in [6, 6.07) is 5.38. The van der Waals surface area contributed by atoms with Gasteiger partial charge in [-0.25, -0.2) is 14.6 Å². The maximum absolute atomic E-state index is 12.3. The molecule has 0 unspecified atom stereocenters. The number of hydrogen-bond acceptors (Lipinski definition) is 8. The predicted molar refractivity (Wildman–Crippen MR) is 91.2 cm³/mol. The van der Waals surface area contributed by atoms with Crippen LogP contribution in [0.15, 0.2) is 35.8 Å². The van der Waals surface area contributed by atoms with Gasteiger partial charge >= 0.3 is 11.9 Å². The minimum absolute atomic E-state index is 0.00485. The summed E-state index contributed by atoms with van der Waals surface area (Å²) in [5, 5.41) is 9.11. The second-order valence-electron chi connectivity index (χ2n) is 5.55. The summed E-state index contributed by atoms with van der Waals surface area (Å²) in [6.45, 7) is 0.474. The van der Waals surface area contributed by atoms with Gasteiger partial charge in [-0.05, 0) is 18.2 Å². The Morgan fingerprint density at radius 1 is 1.27 bits per heavy atom. The van der Waals surface area contributed by atoms with Gasteiger partial charge in [0.25, 0.3) is 0 Å². The first-order valence-electron chi connectivity index (χ1n) is 7.91. The van der Waals surface area contributed by atoms with Crippen molar-refractivity contribution in [3.63, 3.8) is 0 Å². The monoisotopic (exact) mass is 361 g/mol. The van der Waals surface area contributed by atoms with E-state index in [1.165, 1.54) is 14.2 Å². The van der Waals surface area contributed by atoms with E-state index in [4.69, 9.17) is 19.3 Å². The smallest absolute Gasteiger partial charge is 0.355 e. The molecule has 0 amide bonds. The van der Waals surface area contributed by atoms with E-state index in [2.05, 4.69) is 4.98 Å². The summed E-state index contributed by atoms with van der Waals surface area (Å²) in [5.74, 6) is -1.30. The highest BCUT2D eigenvalue weighted by Gasteiger charge is 2.32. The predicted octanol–water partition coefficient (Wildman–Crippen LogP) is 0.423. The number of methoxy groups -OCH3 is 2. The number of nitrogens with zero attached hydrogens (tertiary/aromatic N) is 3. The maximum Gasteiger partial charge on any atom is 0.355 e. The van der Waals surface area contributed by atoms with Crippen LogP contribution >= 0.6 is 0 Å². The van der Waals surface area contributed by atoms with Crippen LogP contribution in [0.2, 0.25) is 0 Å². The topological polar surface area (TPSA) is 103 Å². The molecular formula is C17H19N3O6. The Bertz CT molecular complexity index is 873. The molecule has 2 heterocycles. The molecule has 0 radical (unpaired) electrons. The van der Waals surface area contributed by atoms with Gasteiger partial charge in [0, 0.05) is 12.2 Å². The van der Waals surface area contributed by atoms with Gasteiger partial charge in [0.1, 0.15) is 12.4 Å². The fourth-order valence-corrected chi connectivity index (χ4v) is 2.85. The largest absolute Gasteiger partial charge is 0.466 e. The zero-order chi connectivity index (χ0) is 18.7.